The molecule has 2 aromatic carbocycles. The minimum absolute atomic E-state index is 0.202. The van der Waals surface area contributed by atoms with Crippen LogP contribution in [0, 0.1) is 0 Å². The van der Waals surface area contributed by atoms with E-state index in [1.54, 1.807) is 24.3 Å². The lowest BCUT2D eigenvalue weighted by Gasteiger charge is -2.15. The summed E-state index contributed by atoms with van der Waals surface area (Å²) in [6.07, 6.45) is 2.45. The molecule has 1 aliphatic heterocycles. The highest BCUT2D eigenvalue weighted by atomic mass is 35.5. The molecule has 29 heavy (non-hydrogen) atoms. The number of carbonyl (C=O) groups excluding carboxylic acids is 1. The minimum Gasteiger partial charge on any atom is -0.296 e. The van der Waals surface area contributed by atoms with Crippen molar-refractivity contribution in [3.05, 3.63) is 57.0 Å². The fraction of sp³-hybridized carbons (Fsp3) is 0.316. The fourth-order valence-electron chi connectivity index (χ4n) is 3.02. The number of aryl methyl sites for hydroxylation is 1. The number of nitrogens with zero attached hydrogens (tertiary/aromatic N) is 1. The van der Waals surface area contributed by atoms with E-state index >= 15 is 0 Å². The molecule has 6 nitrogen and oxygen atoms in total. The van der Waals surface area contributed by atoms with Crippen LogP contribution in [-0.4, -0.2) is 31.7 Å². The van der Waals surface area contributed by atoms with Gasteiger partial charge >= 0.3 is 0 Å². The summed E-state index contributed by atoms with van der Waals surface area (Å²) >= 11 is 18.0. The van der Waals surface area contributed by atoms with Gasteiger partial charge in [0.15, 0.2) is 0 Å². The zero-order chi connectivity index (χ0) is 21.0. The molecule has 2 N–H and O–H groups in total. The first-order chi connectivity index (χ1) is 13.8. The van der Waals surface area contributed by atoms with Crippen molar-refractivity contribution in [2.45, 2.75) is 30.6 Å². The fourth-order valence-corrected chi connectivity index (χ4v) is 5.45. The van der Waals surface area contributed by atoms with Crippen molar-refractivity contribution < 1.29 is 13.2 Å². The van der Waals surface area contributed by atoms with Crippen LogP contribution in [0.5, 0.6) is 0 Å². The highest BCUT2D eigenvalue weighted by Crippen LogP contribution is 2.33. The lowest BCUT2D eigenvalue weighted by atomic mass is 10.1. The first-order valence-corrected chi connectivity index (χ1v) is 11.6. The molecule has 0 aromatic heterocycles. The zero-order valence-corrected chi connectivity index (χ0v) is 18.5. The minimum atomic E-state index is -3.43. The summed E-state index contributed by atoms with van der Waals surface area (Å²) in [6.45, 7) is 1.14. The molecule has 1 fully saturated rings. The Labute approximate surface area is 185 Å². The van der Waals surface area contributed by atoms with Crippen molar-refractivity contribution in [2.75, 3.05) is 18.5 Å². The SMILES string of the molecule is O=C(CCc1ccc(S(=O)(=O)N2CCCC2)cc1)NNc1c(Cl)cc(Cl)cc1Cl. The number of rotatable bonds is 7. The van der Waals surface area contributed by atoms with Crippen molar-refractivity contribution in [1.82, 2.24) is 9.73 Å². The van der Waals surface area contributed by atoms with Gasteiger partial charge in [-0.3, -0.25) is 15.6 Å². The maximum atomic E-state index is 12.5. The molecule has 1 heterocycles. The Morgan fingerprint density at radius 1 is 1.00 bits per heavy atom. The third-order valence-corrected chi connectivity index (χ3v) is 7.33. The van der Waals surface area contributed by atoms with E-state index in [0.717, 1.165) is 18.4 Å². The average molecular weight is 477 g/mol. The van der Waals surface area contributed by atoms with E-state index in [1.807, 2.05) is 0 Å². The van der Waals surface area contributed by atoms with Gasteiger partial charge in [0.25, 0.3) is 0 Å². The number of hydrogen-bond donors (Lipinski definition) is 2. The Kier molecular flexibility index (Phi) is 7.29. The molecule has 0 spiro atoms. The average Bonchev–Trinajstić information content (AvgIpc) is 3.21. The van der Waals surface area contributed by atoms with Crippen LogP contribution >= 0.6 is 34.8 Å². The van der Waals surface area contributed by atoms with Crippen LogP contribution in [0.1, 0.15) is 24.8 Å². The second kappa shape index (κ2) is 9.53. The third-order valence-electron chi connectivity index (χ3n) is 4.60. The van der Waals surface area contributed by atoms with E-state index in [0.29, 0.717) is 30.2 Å². The summed E-state index contributed by atoms with van der Waals surface area (Å²) in [7, 11) is -3.43. The van der Waals surface area contributed by atoms with Crippen LogP contribution in [0.3, 0.4) is 0 Å². The molecule has 2 aromatic rings. The van der Waals surface area contributed by atoms with Crippen LogP contribution in [0.4, 0.5) is 5.69 Å². The number of amides is 1. The molecule has 1 amide bonds. The molecule has 0 atom stereocenters. The number of anilines is 1. The molecule has 156 valence electrons. The number of sulfonamides is 1. The smallest absolute Gasteiger partial charge is 0.243 e. The normalized spacial score (nSPS) is 14.7. The molecule has 1 aliphatic rings. The van der Waals surface area contributed by atoms with E-state index < -0.39 is 10.0 Å². The molecular formula is C19H20Cl3N3O3S. The number of hydrogen-bond acceptors (Lipinski definition) is 4. The molecule has 1 saturated heterocycles. The number of halogens is 3. The van der Waals surface area contributed by atoms with Crippen molar-refractivity contribution in [3.8, 4) is 0 Å². The number of carbonyl (C=O) groups is 1. The van der Waals surface area contributed by atoms with E-state index in [4.69, 9.17) is 34.8 Å². The first kappa shape index (κ1) is 22.2. The maximum Gasteiger partial charge on any atom is 0.243 e. The predicted molar refractivity (Wildman–Crippen MR) is 116 cm³/mol. The summed E-state index contributed by atoms with van der Waals surface area (Å²) < 4.78 is 26.6. The Balaban J connectivity index is 1.53. The van der Waals surface area contributed by atoms with Crippen molar-refractivity contribution in [3.63, 3.8) is 0 Å². The quantitative estimate of drug-likeness (QED) is 0.576. The molecule has 0 saturated carbocycles. The Morgan fingerprint density at radius 2 is 1.59 bits per heavy atom. The molecule has 10 heteroatoms. The highest BCUT2D eigenvalue weighted by Gasteiger charge is 2.26. The van der Waals surface area contributed by atoms with Gasteiger partial charge < -0.3 is 0 Å². The number of hydrazine groups is 1. The molecule has 0 unspecified atom stereocenters. The van der Waals surface area contributed by atoms with Crippen LogP contribution in [-0.2, 0) is 21.2 Å². The van der Waals surface area contributed by atoms with Gasteiger partial charge in [-0.15, -0.1) is 0 Å². The summed E-state index contributed by atoms with van der Waals surface area (Å²) in [5, 5.41) is 0.974. The second-order valence-corrected chi connectivity index (χ2v) is 9.86. The van der Waals surface area contributed by atoms with E-state index in [1.165, 1.54) is 16.4 Å². The van der Waals surface area contributed by atoms with Gasteiger partial charge in [0.1, 0.15) is 0 Å². The van der Waals surface area contributed by atoms with Gasteiger partial charge in [0, 0.05) is 24.5 Å². The van der Waals surface area contributed by atoms with E-state index in [9.17, 15) is 13.2 Å². The van der Waals surface area contributed by atoms with Crippen molar-refractivity contribution in [1.29, 1.82) is 0 Å². The second-order valence-electron chi connectivity index (χ2n) is 6.67. The number of benzene rings is 2. The third kappa shape index (κ3) is 5.55. The van der Waals surface area contributed by atoms with Crippen LogP contribution < -0.4 is 10.9 Å². The monoisotopic (exact) mass is 475 g/mol. The van der Waals surface area contributed by atoms with E-state index in [2.05, 4.69) is 10.9 Å². The van der Waals surface area contributed by atoms with E-state index in [-0.39, 0.29) is 27.3 Å². The molecule has 0 aliphatic carbocycles. The Morgan fingerprint density at radius 3 is 2.17 bits per heavy atom. The summed E-state index contributed by atoms with van der Waals surface area (Å²) in [5.74, 6) is -0.263. The van der Waals surface area contributed by atoms with Gasteiger partial charge in [0.05, 0.1) is 20.6 Å². The van der Waals surface area contributed by atoms with Gasteiger partial charge in [-0.05, 0) is 49.1 Å². The van der Waals surface area contributed by atoms with Gasteiger partial charge in [-0.1, -0.05) is 46.9 Å². The largest absolute Gasteiger partial charge is 0.296 e. The zero-order valence-electron chi connectivity index (χ0n) is 15.4. The first-order valence-electron chi connectivity index (χ1n) is 9.06. The predicted octanol–water partition coefficient (Wildman–Crippen LogP) is 4.51. The lowest BCUT2D eigenvalue weighted by Crippen LogP contribution is -2.29. The summed E-state index contributed by atoms with van der Waals surface area (Å²) in [6, 6.07) is 9.68. The molecule has 0 radical (unpaired) electrons. The topological polar surface area (TPSA) is 78.5 Å². The van der Waals surface area contributed by atoms with Gasteiger partial charge in [-0.2, -0.15) is 4.31 Å². The summed E-state index contributed by atoms with van der Waals surface area (Å²) in [4.78, 5) is 12.4. The Hall–Kier alpha value is -1.51. The lowest BCUT2D eigenvalue weighted by molar-refractivity contribution is -0.120. The molecule has 0 bridgehead atoms. The number of nitrogens with one attached hydrogen (secondary N) is 2. The standard InChI is InChI=1S/C19H20Cl3N3O3S/c20-14-11-16(21)19(17(22)12-14)24-23-18(26)8-5-13-3-6-15(7-4-13)29(27,28)25-9-1-2-10-25/h3-4,6-7,11-12,24H,1-2,5,8-10H2,(H,23,26). The maximum absolute atomic E-state index is 12.5. The van der Waals surface area contributed by atoms with Crippen LogP contribution in [0.15, 0.2) is 41.3 Å². The molecular weight excluding hydrogens is 457 g/mol. The van der Waals surface area contributed by atoms with Crippen LogP contribution in [0.25, 0.3) is 0 Å². The Bertz CT molecular complexity index is 968. The van der Waals surface area contributed by atoms with Crippen molar-refractivity contribution in [2.24, 2.45) is 0 Å². The van der Waals surface area contributed by atoms with Crippen LogP contribution in [0.2, 0.25) is 15.1 Å². The van der Waals surface area contributed by atoms with Gasteiger partial charge in [0.2, 0.25) is 15.9 Å². The highest BCUT2D eigenvalue weighted by molar-refractivity contribution is 7.89. The van der Waals surface area contributed by atoms with Gasteiger partial charge in [-0.25, -0.2) is 8.42 Å². The summed E-state index contributed by atoms with van der Waals surface area (Å²) in [5.41, 5.74) is 6.46. The molecule has 3 rings (SSSR count). The van der Waals surface area contributed by atoms with Crippen molar-refractivity contribution >= 4 is 56.4 Å².